The Morgan fingerprint density at radius 2 is 1.52 bits per heavy atom. The monoisotopic (exact) mass is 427 g/mol. The van der Waals surface area contributed by atoms with Gasteiger partial charge in [-0.25, -0.2) is 8.42 Å². The third-order valence-corrected chi connectivity index (χ3v) is 7.95. The SMILES string of the molecule is CC(C)(C)c1ccc(S(=O)(=O)N2CC[NH+](C[C@H](O)C[NH+]3CCOCC3)CC2)cc1. The first-order valence-electron chi connectivity index (χ1n) is 10.7. The number of rotatable bonds is 6. The summed E-state index contributed by atoms with van der Waals surface area (Å²) in [6.07, 6.45) is -0.355. The van der Waals surface area contributed by atoms with Gasteiger partial charge in [0.05, 0.1) is 44.3 Å². The van der Waals surface area contributed by atoms with Crippen molar-refractivity contribution in [3.05, 3.63) is 29.8 Å². The van der Waals surface area contributed by atoms with Gasteiger partial charge in [-0.05, 0) is 23.1 Å². The van der Waals surface area contributed by atoms with Gasteiger partial charge < -0.3 is 19.6 Å². The summed E-state index contributed by atoms with van der Waals surface area (Å²) in [5, 5.41) is 10.4. The molecular weight excluding hydrogens is 390 g/mol. The number of hydrogen-bond donors (Lipinski definition) is 3. The second-order valence-electron chi connectivity index (χ2n) is 9.35. The lowest BCUT2D eigenvalue weighted by atomic mass is 9.87. The van der Waals surface area contributed by atoms with Gasteiger partial charge in [0.1, 0.15) is 26.2 Å². The Morgan fingerprint density at radius 1 is 1.00 bits per heavy atom. The van der Waals surface area contributed by atoms with Crippen LogP contribution in [-0.2, 0) is 20.2 Å². The molecule has 0 amide bonds. The van der Waals surface area contributed by atoms with Crippen LogP contribution < -0.4 is 9.80 Å². The van der Waals surface area contributed by atoms with Crippen molar-refractivity contribution >= 4 is 10.0 Å². The molecule has 1 atom stereocenters. The number of morpholine rings is 1. The minimum Gasteiger partial charge on any atom is -0.382 e. The van der Waals surface area contributed by atoms with E-state index < -0.39 is 10.0 Å². The van der Waals surface area contributed by atoms with E-state index in [2.05, 4.69) is 20.8 Å². The Kier molecular flexibility index (Phi) is 7.35. The smallest absolute Gasteiger partial charge is 0.243 e. The number of nitrogens with one attached hydrogen (secondary N) is 2. The number of ether oxygens (including phenoxy) is 1. The third-order valence-electron chi connectivity index (χ3n) is 6.04. The molecule has 0 radical (unpaired) electrons. The number of hydrogen-bond acceptors (Lipinski definition) is 4. The zero-order chi connectivity index (χ0) is 21.1. The van der Waals surface area contributed by atoms with Crippen LogP contribution in [0.15, 0.2) is 29.2 Å². The number of piperazine rings is 1. The molecule has 0 aromatic heterocycles. The summed E-state index contributed by atoms with van der Waals surface area (Å²) in [6, 6.07) is 7.28. The summed E-state index contributed by atoms with van der Waals surface area (Å²) < 4.78 is 32.9. The van der Waals surface area contributed by atoms with Crippen LogP contribution in [0.5, 0.6) is 0 Å². The summed E-state index contributed by atoms with van der Waals surface area (Å²) >= 11 is 0. The lowest BCUT2D eigenvalue weighted by Crippen LogP contribution is -3.19. The molecule has 1 aromatic carbocycles. The fourth-order valence-corrected chi connectivity index (χ4v) is 5.57. The number of aliphatic hydroxyl groups is 1. The van der Waals surface area contributed by atoms with Crippen LogP contribution in [0.2, 0.25) is 0 Å². The van der Waals surface area contributed by atoms with E-state index in [0.29, 0.717) is 24.5 Å². The van der Waals surface area contributed by atoms with E-state index in [1.807, 2.05) is 12.1 Å². The van der Waals surface area contributed by atoms with Gasteiger partial charge in [0.15, 0.2) is 6.10 Å². The van der Waals surface area contributed by atoms with Gasteiger partial charge in [0, 0.05) is 0 Å². The van der Waals surface area contributed by atoms with Gasteiger partial charge in [0.2, 0.25) is 10.0 Å². The molecule has 3 N–H and O–H groups in total. The van der Waals surface area contributed by atoms with Crippen molar-refractivity contribution in [1.82, 2.24) is 4.31 Å². The van der Waals surface area contributed by atoms with Gasteiger partial charge in [-0.15, -0.1) is 0 Å². The lowest BCUT2D eigenvalue weighted by molar-refractivity contribution is -0.930. The zero-order valence-electron chi connectivity index (χ0n) is 18.0. The first-order chi connectivity index (χ1) is 13.7. The quantitative estimate of drug-likeness (QED) is 0.498. The topological polar surface area (TPSA) is 75.7 Å². The zero-order valence-corrected chi connectivity index (χ0v) is 18.8. The van der Waals surface area contributed by atoms with E-state index in [0.717, 1.165) is 51.5 Å². The average Bonchev–Trinajstić information content (AvgIpc) is 2.68. The van der Waals surface area contributed by atoms with Crippen molar-refractivity contribution in [3.63, 3.8) is 0 Å². The van der Waals surface area contributed by atoms with Crippen LogP contribution in [0.3, 0.4) is 0 Å². The average molecular weight is 428 g/mol. The number of benzene rings is 1. The first kappa shape index (κ1) is 22.7. The predicted molar refractivity (Wildman–Crippen MR) is 112 cm³/mol. The molecule has 2 fully saturated rings. The number of aliphatic hydroxyl groups excluding tert-OH is 1. The van der Waals surface area contributed by atoms with Crippen molar-refractivity contribution in [2.75, 3.05) is 65.6 Å². The molecule has 0 unspecified atom stereocenters. The number of sulfonamides is 1. The Hall–Kier alpha value is -1.03. The molecule has 29 heavy (non-hydrogen) atoms. The Balaban J connectivity index is 1.51. The molecule has 3 rings (SSSR count). The van der Waals surface area contributed by atoms with Crippen LogP contribution in [0.4, 0.5) is 0 Å². The van der Waals surface area contributed by atoms with Gasteiger partial charge in [-0.2, -0.15) is 4.31 Å². The lowest BCUT2D eigenvalue weighted by Gasteiger charge is -2.33. The number of quaternary nitrogens is 2. The molecular formula is C21H37N3O4S+2. The van der Waals surface area contributed by atoms with Crippen LogP contribution in [0, 0.1) is 0 Å². The second-order valence-corrected chi connectivity index (χ2v) is 11.3. The fourth-order valence-electron chi connectivity index (χ4n) is 4.13. The largest absolute Gasteiger partial charge is 0.382 e. The van der Waals surface area contributed by atoms with E-state index in [4.69, 9.17) is 4.74 Å². The van der Waals surface area contributed by atoms with E-state index in [9.17, 15) is 13.5 Å². The van der Waals surface area contributed by atoms with E-state index in [1.165, 1.54) is 9.80 Å². The maximum atomic E-state index is 13.0. The molecule has 1 aromatic rings. The van der Waals surface area contributed by atoms with E-state index in [1.54, 1.807) is 16.4 Å². The van der Waals surface area contributed by atoms with Gasteiger partial charge in [-0.1, -0.05) is 32.9 Å². The maximum Gasteiger partial charge on any atom is 0.243 e. The van der Waals surface area contributed by atoms with Crippen LogP contribution in [-0.4, -0.2) is 89.5 Å². The summed E-state index contributed by atoms with van der Waals surface area (Å²) in [5.41, 5.74) is 1.13. The standard InChI is InChI=1S/C21H35N3O4S/c1-21(2,3)18-4-6-20(7-5-18)29(26,27)24-10-8-22(9-11-24)16-19(25)17-23-12-14-28-15-13-23/h4-7,19,25H,8-17H2,1-3H3/p+2/t19-/m0/s1. The van der Waals surface area contributed by atoms with Gasteiger partial charge in [0.25, 0.3) is 0 Å². The molecule has 0 spiro atoms. The summed E-state index contributed by atoms with van der Waals surface area (Å²) in [6.45, 7) is 13.7. The molecule has 8 heteroatoms. The number of nitrogens with zero attached hydrogens (tertiary/aromatic N) is 1. The molecule has 164 valence electrons. The van der Waals surface area contributed by atoms with Crippen molar-refractivity contribution in [3.8, 4) is 0 Å². The van der Waals surface area contributed by atoms with Crippen molar-refractivity contribution in [2.45, 2.75) is 37.2 Å². The highest BCUT2D eigenvalue weighted by molar-refractivity contribution is 7.89. The van der Waals surface area contributed by atoms with E-state index >= 15 is 0 Å². The third kappa shape index (κ3) is 5.99. The minimum atomic E-state index is -3.46. The second kappa shape index (κ2) is 9.41. The summed E-state index contributed by atoms with van der Waals surface area (Å²) in [7, 11) is -3.46. The molecule has 2 heterocycles. The highest BCUT2D eigenvalue weighted by Crippen LogP contribution is 2.24. The highest BCUT2D eigenvalue weighted by Gasteiger charge is 2.32. The van der Waals surface area contributed by atoms with Crippen molar-refractivity contribution < 1.29 is 28.1 Å². The van der Waals surface area contributed by atoms with Gasteiger partial charge in [-0.3, -0.25) is 0 Å². The van der Waals surface area contributed by atoms with Crippen LogP contribution >= 0.6 is 0 Å². The molecule has 2 saturated heterocycles. The normalized spacial score (nSPS) is 21.9. The Bertz CT molecular complexity index is 747. The van der Waals surface area contributed by atoms with Crippen molar-refractivity contribution in [2.24, 2.45) is 0 Å². The fraction of sp³-hybridized carbons (Fsp3) is 0.714. The highest BCUT2D eigenvalue weighted by atomic mass is 32.2. The molecule has 7 nitrogen and oxygen atoms in total. The molecule has 0 bridgehead atoms. The van der Waals surface area contributed by atoms with E-state index in [-0.39, 0.29) is 11.5 Å². The van der Waals surface area contributed by atoms with Crippen LogP contribution in [0.25, 0.3) is 0 Å². The molecule has 2 aliphatic heterocycles. The molecule has 0 aliphatic carbocycles. The Labute approximate surface area is 175 Å². The van der Waals surface area contributed by atoms with Crippen LogP contribution in [0.1, 0.15) is 26.3 Å². The molecule has 0 saturated carbocycles. The van der Waals surface area contributed by atoms with Gasteiger partial charge >= 0.3 is 0 Å². The van der Waals surface area contributed by atoms with Crippen molar-refractivity contribution in [1.29, 1.82) is 0 Å². The summed E-state index contributed by atoms with van der Waals surface area (Å²) in [5.74, 6) is 0. The molecule has 2 aliphatic rings. The predicted octanol–water partition coefficient (Wildman–Crippen LogP) is -1.85. The Morgan fingerprint density at radius 3 is 2.03 bits per heavy atom. The first-order valence-corrected chi connectivity index (χ1v) is 12.1. The maximum absolute atomic E-state index is 13.0. The summed E-state index contributed by atoms with van der Waals surface area (Å²) in [4.78, 5) is 3.03. The minimum absolute atomic E-state index is 0.00104.